The average molecular weight is 467 g/mol. The Hall–Kier alpha value is -2.16. The molecule has 0 atom stereocenters. The van der Waals surface area contributed by atoms with Gasteiger partial charge in [-0.3, -0.25) is 9.10 Å². The highest BCUT2D eigenvalue weighted by Gasteiger charge is 2.37. The minimum absolute atomic E-state index is 0.000787. The third-order valence-electron chi connectivity index (χ3n) is 5.98. The highest BCUT2D eigenvalue weighted by molar-refractivity contribution is 7.93. The van der Waals surface area contributed by atoms with Crippen molar-refractivity contribution in [2.45, 2.75) is 49.9 Å². The number of anilines is 2. The Morgan fingerprint density at radius 1 is 1.16 bits per heavy atom. The molecule has 2 aromatic carbocycles. The van der Waals surface area contributed by atoms with Gasteiger partial charge in [0.1, 0.15) is 5.82 Å². The molecule has 0 radical (unpaired) electrons. The first kappa shape index (κ1) is 22.0. The van der Waals surface area contributed by atoms with Crippen molar-refractivity contribution in [3.05, 3.63) is 58.4 Å². The Bertz CT molecular complexity index is 1080. The molecule has 2 N–H and O–H groups in total. The highest BCUT2D eigenvalue weighted by Crippen LogP contribution is 2.36. The number of aryl methyl sites for hydroxylation is 1. The smallest absolute Gasteiger partial charge is 0.260 e. The summed E-state index contributed by atoms with van der Waals surface area (Å²) in [6.07, 6.45) is 2.81. The molecule has 6 nitrogen and oxygen atoms in total. The van der Waals surface area contributed by atoms with Crippen molar-refractivity contribution < 1.29 is 22.7 Å². The summed E-state index contributed by atoms with van der Waals surface area (Å²) >= 11 is 5.98. The fourth-order valence-corrected chi connectivity index (χ4v) is 6.62. The van der Waals surface area contributed by atoms with Crippen LogP contribution in [0.25, 0.3) is 0 Å². The molecule has 0 unspecified atom stereocenters. The third kappa shape index (κ3) is 4.42. The van der Waals surface area contributed by atoms with Crippen molar-refractivity contribution in [3.63, 3.8) is 0 Å². The van der Waals surface area contributed by atoms with Gasteiger partial charge in [-0.05, 0) is 68.4 Å². The van der Waals surface area contributed by atoms with Gasteiger partial charge in [-0.25, -0.2) is 12.8 Å². The van der Waals surface area contributed by atoms with E-state index in [1.807, 2.05) is 0 Å². The second kappa shape index (κ2) is 8.76. The van der Waals surface area contributed by atoms with Crippen LogP contribution in [0, 0.1) is 5.82 Å². The van der Waals surface area contributed by atoms with E-state index in [4.69, 9.17) is 11.6 Å². The average Bonchev–Trinajstić information content (AvgIpc) is 2.73. The van der Waals surface area contributed by atoms with Gasteiger partial charge >= 0.3 is 0 Å². The summed E-state index contributed by atoms with van der Waals surface area (Å²) in [7, 11) is -3.60. The maximum Gasteiger partial charge on any atom is 0.260 e. The number of nitrogens with one attached hydrogen (secondary N) is 1. The molecule has 1 amide bonds. The van der Waals surface area contributed by atoms with Crippen LogP contribution < -0.4 is 9.62 Å². The van der Waals surface area contributed by atoms with E-state index in [0.717, 1.165) is 18.1 Å². The van der Waals surface area contributed by atoms with E-state index in [-0.39, 0.29) is 10.6 Å². The maximum absolute atomic E-state index is 14.1. The van der Waals surface area contributed by atoms with Crippen molar-refractivity contribution >= 4 is 38.9 Å². The molecule has 1 aliphatic heterocycles. The first-order valence-electron chi connectivity index (χ1n) is 10.4. The fraction of sp³-hybridized carbons (Fsp3) is 0.409. The molecule has 1 aliphatic carbocycles. The molecule has 0 saturated heterocycles. The van der Waals surface area contributed by atoms with Gasteiger partial charge in [0.05, 0.1) is 27.6 Å². The van der Waals surface area contributed by atoms with Gasteiger partial charge < -0.3 is 10.4 Å². The number of fused-ring (bicyclic) bond motifs is 1. The molecule has 0 spiro atoms. The van der Waals surface area contributed by atoms with Crippen molar-refractivity contribution in [3.8, 4) is 0 Å². The lowest BCUT2D eigenvalue weighted by atomic mass is 9.97. The Morgan fingerprint density at radius 3 is 2.61 bits per heavy atom. The van der Waals surface area contributed by atoms with Crippen molar-refractivity contribution in [2.24, 2.45) is 0 Å². The molecule has 1 fully saturated rings. The molecular formula is C22H24ClFN2O4S. The van der Waals surface area contributed by atoms with Crippen LogP contribution in [-0.2, 0) is 16.4 Å². The number of halogens is 2. The van der Waals surface area contributed by atoms with Crippen LogP contribution in [0.4, 0.5) is 15.8 Å². The van der Waals surface area contributed by atoms with Gasteiger partial charge in [-0.1, -0.05) is 23.7 Å². The summed E-state index contributed by atoms with van der Waals surface area (Å²) in [6, 6.07) is 9.10. The lowest BCUT2D eigenvalue weighted by Crippen LogP contribution is -2.43. The van der Waals surface area contributed by atoms with Crippen LogP contribution in [0.5, 0.6) is 0 Å². The summed E-state index contributed by atoms with van der Waals surface area (Å²) in [5.74, 6) is -1.43. The second-order valence-electron chi connectivity index (χ2n) is 8.05. The van der Waals surface area contributed by atoms with Crippen LogP contribution in [0.1, 0.15) is 48.0 Å². The predicted octanol–water partition coefficient (Wildman–Crippen LogP) is 4.12. The monoisotopic (exact) mass is 466 g/mol. The largest absolute Gasteiger partial charge is 0.393 e. The number of hydrogen-bond acceptors (Lipinski definition) is 4. The number of aliphatic hydroxyl groups is 1. The van der Waals surface area contributed by atoms with Crippen LogP contribution in [0.2, 0.25) is 5.02 Å². The Kier molecular flexibility index (Phi) is 6.23. The van der Waals surface area contributed by atoms with Gasteiger partial charge in [0.15, 0.2) is 0 Å². The quantitative estimate of drug-likeness (QED) is 0.709. The zero-order chi connectivity index (χ0) is 22.2. The molecule has 2 aliphatic rings. The van der Waals surface area contributed by atoms with Gasteiger partial charge in [0.25, 0.3) is 5.91 Å². The number of aliphatic hydroxyl groups excluding tert-OH is 1. The predicted molar refractivity (Wildman–Crippen MR) is 119 cm³/mol. The van der Waals surface area contributed by atoms with Crippen LogP contribution >= 0.6 is 11.6 Å². The second-order valence-corrected chi connectivity index (χ2v) is 10.6. The minimum atomic E-state index is -3.60. The number of sulfonamides is 1. The Balaban J connectivity index is 1.61. The summed E-state index contributed by atoms with van der Waals surface area (Å²) < 4.78 is 42.2. The lowest BCUT2D eigenvalue weighted by molar-refractivity contribution is 0.102. The number of hydrogen-bond donors (Lipinski definition) is 2. The van der Waals surface area contributed by atoms with E-state index in [1.165, 1.54) is 16.4 Å². The molecule has 4 rings (SSSR count). The Morgan fingerprint density at radius 2 is 1.90 bits per heavy atom. The molecule has 1 heterocycles. The minimum Gasteiger partial charge on any atom is -0.393 e. The zero-order valence-electron chi connectivity index (χ0n) is 16.9. The number of carbonyl (C=O) groups excluding carboxylic acids is 1. The molecular weight excluding hydrogens is 443 g/mol. The molecule has 31 heavy (non-hydrogen) atoms. The van der Waals surface area contributed by atoms with Crippen LogP contribution in [0.3, 0.4) is 0 Å². The fourth-order valence-electron chi connectivity index (χ4n) is 4.31. The van der Waals surface area contributed by atoms with Gasteiger partial charge in [0, 0.05) is 12.2 Å². The molecule has 0 bridgehead atoms. The normalized spacial score (nSPS) is 21.5. The third-order valence-corrected chi connectivity index (χ3v) is 8.60. The van der Waals surface area contributed by atoms with E-state index >= 15 is 0 Å². The Labute approximate surface area is 186 Å². The van der Waals surface area contributed by atoms with E-state index in [2.05, 4.69) is 5.32 Å². The van der Waals surface area contributed by atoms with Crippen molar-refractivity contribution in [1.29, 1.82) is 0 Å². The maximum atomic E-state index is 14.1. The summed E-state index contributed by atoms with van der Waals surface area (Å²) in [6.45, 7) is 0.366. The van der Waals surface area contributed by atoms with E-state index in [9.17, 15) is 22.7 Å². The van der Waals surface area contributed by atoms with Crippen molar-refractivity contribution in [1.82, 2.24) is 0 Å². The number of rotatable bonds is 4. The van der Waals surface area contributed by atoms with E-state index in [0.29, 0.717) is 50.0 Å². The van der Waals surface area contributed by atoms with Crippen molar-refractivity contribution in [2.75, 3.05) is 16.2 Å². The first-order chi connectivity index (χ1) is 14.8. The number of nitrogens with zero attached hydrogens (tertiary/aromatic N) is 1. The molecule has 9 heteroatoms. The number of carbonyl (C=O) groups is 1. The molecule has 2 aromatic rings. The van der Waals surface area contributed by atoms with Gasteiger partial charge in [-0.2, -0.15) is 0 Å². The lowest BCUT2D eigenvalue weighted by Gasteiger charge is -2.35. The zero-order valence-corrected chi connectivity index (χ0v) is 18.4. The standard InChI is InChI=1S/C22H24ClFN2O4S/c23-18-4-1-5-19(24)21(18)22(28)25-15-7-6-14-3-2-12-26(20(14)13-15)31(29,30)17-10-8-16(27)9-11-17/h1,4-7,13,16-17,27H,2-3,8-12H2,(H,25,28). The summed E-state index contributed by atoms with van der Waals surface area (Å²) in [4.78, 5) is 12.6. The number of benzene rings is 2. The van der Waals surface area contributed by atoms with Crippen LogP contribution in [0.15, 0.2) is 36.4 Å². The topological polar surface area (TPSA) is 86.7 Å². The molecule has 0 aromatic heterocycles. The SMILES string of the molecule is O=C(Nc1ccc2c(c1)N(S(=O)(=O)C1CCC(O)CC1)CCC2)c1c(F)cccc1Cl. The highest BCUT2D eigenvalue weighted by atomic mass is 35.5. The van der Waals surface area contributed by atoms with E-state index < -0.39 is 33.1 Å². The first-order valence-corrected chi connectivity index (χ1v) is 12.2. The van der Waals surface area contributed by atoms with Gasteiger partial charge in [-0.15, -0.1) is 0 Å². The van der Waals surface area contributed by atoms with Crippen LogP contribution in [-0.4, -0.2) is 37.3 Å². The number of amides is 1. The molecule has 1 saturated carbocycles. The van der Waals surface area contributed by atoms with Gasteiger partial charge in [0.2, 0.25) is 10.0 Å². The summed E-state index contributed by atoms with van der Waals surface area (Å²) in [5, 5.41) is 11.8. The summed E-state index contributed by atoms with van der Waals surface area (Å²) in [5.41, 5.74) is 1.53. The molecule has 166 valence electrons. The van der Waals surface area contributed by atoms with E-state index in [1.54, 1.807) is 18.2 Å².